The van der Waals surface area contributed by atoms with Gasteiger partial charge in [0.2, 0.25) is 5.91 Å². The van der Waals surface area contributed by atoms with Crippen molar-refractivity contribution in [1.82, 2.24) is 9.55 Å². The highest BCUT2D eigenvalue weighted by molar-refractivity contribution is 9.10. The van der Waals surface area contributed by atoms with Crippen molar-refractivity contribution in [2.45, 2.75) is 20.4 Å². The molecule has 0 saturated carbocycles. The lowest BCUT2D eigenvalue weighted by molar-refractivity contribution is -0.116. The molecule has 0 saturated heterocycles. The maximum atomic E-state index is 13.2. The molecule has 0 aliphatic rings. The minimum Gasteiger partial charge on any atom is -0.324 e. The summed E-state index contributed by atoms with van der Waals surface area (Å²) in [5.41, 5.74) is 3.09. The molecule has 0 aliphatic carbocycles. The van der Waals surface area contributed by atoms with Crippen LogP contribution in [0.3, 0.4) is 0 Å². The Morgan fingerprint density at radius 3 is 2.63 bits per heavy atom. The van der Waals surface area contributed by atoms with Crippen LogP contribution in [0.2, 0.25) is 5.02 Å². The van der Waals surface area contributed by atoms with Crippen molar-refractivity contribution in [1.29, 1.82) is 0 Å². The lowest BCUT2D eigenvalue weighted by Crippen LogP contribution is -2.28. The molecular weight excluding hydrogens is 486 g/mol. The fraction of sp³-hybridized carbons (Fsp3) is 0.136. The first kappa shape index (κ1) is 20.8. The number of benzene rings is 2. The molecule has 152 valence electrons. The van der Waals surface area contributed by atoms with Crippen LogP contribution in [0.5, 0.6) is 0 Å². The molecule has 0 atom stereocenters. The Kier molecular flexibility index (Phi) is 5.77. The standard InChI is InChI=1S/C22H17BrClN3O2S/c1-12-9-16(24)7-8-17(12)26-18(28)10-27-11-25-21-20(22(27)29)19(13(2)30-21)14-3-5-15(23)6-4-14/h3-9,11H,10H2,1-2H3,(H,26,28). The number of aromatic nitrogens is 2. The fourth-order valence-electron chi connectivity index (χ4n) is 3.33. The largest absolute Gasteiger partial charge is 0.324 e. The van der Waals surface area contributed by atoms with Gasteiger partial charge in [0, 0.05) is 25.6 Å². The van der Waals surface area contributed by atoms with Gasteiger partial charge < -0.3 is 5.32 Å². The predicted molar refractivity (Wildman–Crippen MR) is 127 cm³/mol. The summed E-state index contributed by atoms with van der Waals surface area (Å²) in [5.74, 6) is -0.305. The SMILES string of the molecule is Cc1cc(Cl)ccc1NC(=O)Cn1cnc2sc(C)c(-c3ccc(Br)cc3)c2c1=O. The van der Waals surface area contributed by atoms with Crippen LogP contribution in [0, 0.1) is 13.8 Å². The molecule has 30 heavy (non-hydrogen) atoms. The van der Waals surface area contributed by atoms with E-state index in [0.717, 1.165) is 26.0 Å². The molecule has 2 aromatic heterocycles. The second-order valence-corrected chi connectivity index (χ2v) is 9.46. The van der Waals surface area contributed by atoms with Gasteiger partial charge in [0.1, 0.15) is 11.4 Å². The van der Waals surface area contributed by atoms with Gasteiger partial charge in [-0.25, -0.2) is 4.98 Å². The van der Waals surface area contributed by atoms with E-state index in [1.165, 1.54) is 22.2 Å². The summed E-state index contributed by atoms with van der Waals surface area (Å²) in [6.07, 6.45) is 1.43. The van der Waals surface area contributed by atoms with Crippen LogP contribution < -0.4 is 10.9 Å². The summed E-state index contributed by atoms with van der Waals surface area (Å²) in [5, 5.41) is 3.97. The van der Waals surface area contributed by atoms with E-state index in [1.807, 2.05) is 38.1 Å². The molecule has 8 heteroatoms. The number of carbonyl (C=O) groups excluding carboxylic acids is 1. The number of anilines is 1. The number of carbonyl (C=O) groups is 1. The predicted octanol–water partition coefficient (Wildman–Crippen LogP) is 5.80. The Bertz CT molecular complexity index is 1330. The van der Waals surface area contributed by atoms with Gasteiger partial charge in [-0.2, -0.15) is 0 Å². The highest BCUT2D eigenvalue weighted by Crippen LogP contribution is 2.35. The van der Waals surface area contributed by atoms with Crippen molar-refractivity contribution in [3.05, 3.63) is 79.1 Å². The first-order valence-corrected chi connectivity index (χ1v) is 11.1. The van der Waals surface area contributed by atoms with Crippen LogP contribution in [0.1, 0.15) is 10.4 Å². The second-order valence-electron chi connectivity index (χ2n) is 6.91. The first-order chi connectivity index (χ1) is 14.3. The van der Waals surface area contributed by atoms with Crippen LogP contribution >= 0.6 is 38.9 Å². The molecule has 0 fully saturated rings. The fourth-order valence-corrected chi connectivity index (χ4v) is 4.82. The van der Waals surface area contributed by atoms with E-state index in [2.05, 4.69) is 26.2 Å². The summed E-state index contributed by atoms with van der Waals surface area (Å²) in [7, 11) is 0. The minimum atomic E-state index is -0.305. The average molecular weight is 503 g/mol. The number of hydrogen-bond donors (Lipinski definition) is 1. The second kappa shape index (κ2) is 8.34. The molecule has 0 spiro atoms. The molecule has 4 rings (SSSR count). The van der Waals surface area contributed by atoms with Crippen LogP contribution in [-0.4, -0.2) is 15.5 Å². The number of fused-ring (bicyclic) bond motifs is 1. The summed E-state index contributed by atoms with van der Waals surface area (Å²) < 4.78 is 2.31. The quantitative estimate of drug-likeness (QED) is 0.384. The van der Waals surface area contributed by atoms with Gasteiger partial charge in [0.15, 0.2) is 0 Å². The highest BCUT2D eigenvalue weighted by Gasteiger charge is 2.18. The molecule has 0 bridgehead atoms. The van der Waals surface area contributed by atoms with E-state index in [4.69, 9.17) is 11.6 Å². The van der Waals surface area contributed by atoms with E-state index in [1.54, 1.807) is 18.2 Å². The number of hydrogen-bond acceptors (Lipinski definition) is 4. The Balaban J connectivity index is 1.69. The van der Waals surface area contributed by atoms with Crippen LogP contribution in [-0.2, 0) is 11.3 Å². The molecular formula is C22H17BrClN3O2S. The smallest absolute Gasteiger partial charge is 0.263 e. The Morgan fingerprint density at radius 2 is 1.93 bits per heavy atom. The zero-order valence-electron chi connectivity index (χ0n) is 16.2. The molecule has 0 unspecified atom stereocenters. The zero-order chi connectivity index (χ0) is 21.4. The van der Waals surface area contributed by atoms with Crippen LogP contribution in [0.4, 0.5) is 5.69 Å². The van der Waals surface area contributed by atoms with Crippen LogP contribution in [0.25, 0.3) is 21.3 Å². The van der Waals surface area contributed by atoms with E-state index in [9.17, 15) is 9.59 Å². The van der Waals surface area contributed by atoms with E-state index >= 15 is 0 Å². The van der Waals surface area contributed by atoms with Gasteiger partial charge in [0.05, 0.1) is 11.7 Å². The summed E-state index contributed by atoms with van der Waals surface area (Å²) in [6.45, 7) is 3.71. The molecule has 0 radical (unpaired) electrons. The number of nitrogens with zero attached hydrogens (tertiary/aromatic N) is 2. The van der Waals surface area contributed by atoms with Crippen molar-refractivity contribution in [3.8, 4) is 11.1 Å². The normalized spacial score (nSPS) is 11.1. The third-order valence-corrected chi connectivity index (χ3v) is 6.54. The maximum Gasteiger partial charge on any atom is 0.263 e. The molecule has 2 heterocycles. The third kappa shape index (κ3) is 4.05. The van der Waals surface area contributed by atoms with Gasteiger partial charge in [-0.3, -0.25) is 14.2 Å². The lowest BCUT2D eigenvalue weighted by atomic mass is 10.0. The van der Waals surface area contributed by atoms with Crippen molar-refractivity contribution in [2.24, 2.45) is 0 Å². The van der Waals surface area contributed by atoms with Crippen molar-refractivity contribution in [3.63, 3.8) is 0 Å². The van der Waals surface area contributed by atoms with Gasteiger partial charge in [-0.1, -0.05) is 39.7 Å². The Hall–Kier alpha value is -2.48. The Morgan fingerprint density at radius 1 is 1.20 bits per heavy atom. The zero-order valence-corrected chi connectivity index (χ0v) is 19.4. The topological polar surface area (TPSA) is 64.0 Å². The minimum absolute atomic E-state index is 0.126. The van der Waals surface area contributed by atoms with Crippen molar-refractivity contribution >= 4 is 60.7 Å². The maximum absolute atomic E-state index is 13.2. The average Bonchev–Trinajstić information content (AvgIpc) is 3.04. The summed E-state index contributed by atoms with van der Waals surface area (Å²) in [6, 6.07) is 13.0. The van der Waals surface area contributed by atoms with E-state index in [-0.39, 0.29) is 18.0 Å². The van der Waals surface area contributed by atoms with Gasteiger partial charge >= 0.3 is 0 Å². The summed E-state index contributed by atoms with van der Waals surface area (Å²) >= 11 is 10.9. The molecule has 1 N–H and O–H groups in total. The van der Waals surface area contributed by atoms with Gasteiger partial charge in [-0.05, 0) is 55.3 Å². The molecule has 0 aliphatic heterocycles. The number of amides is 1. The number of nitrogens with one attached hydrogen (secondary N) is 1. The lowest BCUT2D eigenvalue weighted by Gasteiger charge is -2.10. The van der Waals surface area contributed by atoms with Gasteiger partial charge in [-0.15, -0.1) is 11.3 Å². The van der Waals surface area contributed by atoms with Crippen LogP contribution in [0.15, 0.2) is 58.1 Å². The number of thiophene rings is 1. The Labute approximate surface area is 190 Å². The molecule has 2 aromatic carbocycles. The number of halogens is 2. The number of rotatable bonds is 4. The monoisotopic (exact) mass is 501 g/mol. The third-order valence-electron chi connectivity index (χ3n) is 4.76. The van der Waals surface area contributed by atoms with E-state index in [0.29, 0.717) is 20.9 Å². The van der Waals surface area contributed by atoms with E-state index < -0.39 is 0 Å². The van der Waals surface area contributed by atoms with Crippen molar-refractivity contribution < 1.29 is 4.79 Å². The first-order valence-electron chi connectivity index (χ1n) is 9.14. The molecule has 4 aromatic rings. The number of aryl methyl sites for hydroxylation is 2. The van der Waals surface area contributed by atoms with Crippen molar-refractivity contribution in [2.75, 3.05) is 5.32 Å². The van der Waals surface area contributed by atoms with Gasteiger partial charge in [0.25, 0.3) is 5.56 Å². The molecule has 1 amide bonds. The highest BCUT2D eigenvalue weighted by atomic mass is 79.9. The molecule has 5 nitrogen and oxygen atoms in total. The summed E-state index contributed by atoms with van der Waals surface area (Å²) in [4.78, 5) is 31.9.